The maximum atomic E-state index is 12.7. The number of halogens is 1. The van der Waals surface area contributed by atoms with Crippen LogP contribution < -0.4 is 10.1 Å². The largest absolute Gasteiger partial charge is 0.439 e. The van der Waals surface area contributed by atoms with E-state index in [1.165, 1.54) is 11.1 Å². The first kappa shape index (κ1) is 20.9. The quantitative estimate of drug-likeness (QED) is 0.648. The van der Waals surface area contributed by atoms with Gasteiger partial charge in [-0.25, -0.2) is 4.98 Å². The third-order valence-electron chi connectivity index (χ3n) is 3.69. The number of pyridine rings is 1. The van der Waals surface area contributed by atoms with E-state index in [-0.39, 0.29) is 18.4 Å². The van der Waals surface area contributed by atoms with Gasteiger partial charge in [0.25, 0.3) is 5.91 Å². The Kier molecular flexibility index (Phi) is 8.26. The highest BCUT2D eigenvalue weighted by Crippen LogP contribution is 2.23. The number of nitrogens with one attached hydrogen (secondary N) is 1. The summed E-state index contributed by atoms with van der Waals surface area (Å²) in [6.45, 7) is 5.11. The van der Waals surface area contributed by atoms with Crippen molar-refractivity contribution < 1.29 is 14.3 Å². The van der Waals surface area contributed by atoms with Crippen LogP contribution in [0.2, 0.25) is 0 Å². The van der Waals surface area contributed by atoms with Crippen LogP contribution in [0.4, 0.5) is 0 Å². The van der Waals surface area contributed by atoms with E-state index in [9.17, 15) is 9.59 Å². The summed E-state index contributed by atoms with van der Waals surface area (Å²) in [5.74, 6) is 0.676. The van der Waals surface area contributed by atoms with Crippen molar-refractivity contribution in [3.8, 4) is 11.6 Å². The number of amides is 2. The van der Waals surface area contributed by atoms with Crippen molar-refractivity contribution >= 4 is 27.7 Å². The molecule has 0 unspecified atom stereocenters. The Morgan fingerprint density at radius 2 is 2.00 bits per heavy atom. The molecule has 0 aliphatic carbocycles. The van der Waals surface area contributed by atoms with Crippen LogP contribution in [-0.4, -0.2) is 41.3 Å². The van der Waals surface area contributed by atoms with E-state index in [1.54, 1.807) is 12.1 Å². The Morgan fingerprint density at radius 3 is 2.63 bits per heavy atom. The van der Waals surface area contributed by atoms with Crippen molar-refractivity contribution in [2.75, 3.05) is 19.6 Å². The van der Waals surface area contributed by atoms with Crippen LogP contribution in [0.25, 0.3) is 0 Å². The molecule has 0 radical (unpaired) electrons. The van der Waals surface area contributed by atoms with Crippen LogP contribution in [-0.2, 0) is 4.79 Å². The highest BCUT2D eigenvalue weighted by Gasteiger charge is 2.18. The van der Waals surface area contributed by atoms with Crippen LogP contribution in [0.3, 0.4) is 0 Å². The molecule has 0 aliphatic rings. The van der Waals surface area contributed by atoms with Crippen molar-refractivity contribution in [3.63, 3.8) is 0 Å². The SMILES string of the molecule is CCCNC(=O)CN(CCC)C(=O)c1ccc(Oc2cccc(Br)c2)nc1. The van der Waals surface area contributed by atoms with Crippen molar-refractivity contribution in [3.05, 3.63) is 52.6 Å². The van der Waals surface area contributed by atoms with Gasteiger partial charge in [-0.3, -0.25) is 9.59 Å². The zero-order chi connectivity index (χ0) is 19.6. The lowest BCUT2D eigenvalue weighted by Crippen LogP contribution is -2.41. The third-order valence-corrected chi connectivity index (χ3v) is 4.18. The number of aromatic nitrogens is 1. The van der Waals surface area contributed by atoms with Gasteiger partial charge in [-0.15, -0.1) is 0 Å². The minimum atomic E-state index is -0.218. The predicted molar refractivity (Wildman–Crippen MR) is 108 cm³/mol. The van der Waals surface area contributed by atoms with Crippen LogP contribution >= 0.6 is 15.9 Å². The molecule has 0 saturated heterocycles. The second-order valence-electron chi connectivity index (χ2n) is 6.02. The maximum absolute atomic E-state index is 12.7. The van der Waals surface area contributed by atoms with E-state index in [2.05, 4.69) is 26.2 Å². The van der Waals surface area contributed by atoms with E-state index >= 15 is 0 Å². The highest BCUT2D eigenvalue weighted by atomic mass is 79.9. The molecule has 0 aliphatic heterocycles. The summed E-state index contributed by atoms with van der Waals surface area (Å²) in [5, 5.41) is 2.80. The second-order valence-corrected chi connectivity index (χ2v) is 6.94. The van der Waals surface area contributed by atoms with E-state index in [4.69, 9.17) is 4.74 Å². The number of carbonyl (C=O) groups is 2. The number of nitrogens with zero attached hydrogens (tertiary/aromatic N) is 2. The van der Waals surface area contributed by atoms with E-state index in [0.717, 1.165) is 17.3 Å². The highest BCUT2D eigenvalue weighted by molar-refractivity contribution is 9.10. The molecule has 1 N–H and O–H groups in total. The summed E-state index contributed by atoms with van der Waals surface area (Å²) < 4.78 is 6.59. The first-order valence-electron chi connectivity index (χ1n) is 8.99. The summed E-state index contributed by atoms with van der Waals surface area (Å²) in [7, 11) is 0. The van der Waals surface area contributed by atoms with E-state index in [1.807, 2.05) is 38.1 Å². The maximum Gasteiger partial charge on any atom is 0.255 e. The van der Waals surface area contributed by atoms with Crippen molar-refractivity contribution in [2.45, 2.75) is 26.7 Å². The molecule has 0 atom stereocenters. The summed E-state index contributed by atoms with van der Waals surface area (Å²) in [6, 6.07) is 10.7. The van der Waals surface area contributed by atoms with Crippen LogP contribution in [0.1, 0.15) is 37.0 Å². The Morgan fingerprint density at radius 1 is 1.19 bits per heavy atom. The number of rotatable bonds is 9. The average Bonchev–Trinajstić information content (AvgIpc) is 2.66. The molecular formula is C20H24BrN3O3. The van der Waals surface area contributed by atoms with Crippen LogP contribution in [0.15, 0.2) is 47.1 Å². The summed E-state index contributed by atoms with van der Waals surface area (Å²) in [5.41, 5.74) is 0.424. The molecule has 0 spiro atoms. The number of hydrogen-bond donors (Lipinski definition) is 1. The Labute approximate surface area is 168 Å². The molecule has 1 heterocycles. The topological polar surface area (TPSA) is 71.5 Å². The molecule has 6 nitrogen and oxygen atoms in total. The predicted octanol–water partition coefficient (Wildman–Crippen LogP) is 4.01. The van der Waals surface area contributed by atoms with Gasteiger partial charge < -0.3 is 15.0 Å². The summed E-state index contributed by atoms with van der Waals surface area (Å²) in [4.78, 5) is 30.4. The molecule has 1 aromatic heterocycles. The molecule has 2 amide bonds. The molecule has 0 bridgehead atoms. The number of benzene rings is 1. The minimum Gasteiger partial charge on any atom is -0.439 e. The lowest BCUT2D eigenvalue weighted by molar-refractivity contribution is -0.121. The molecule has 2 aromatic rings. The molecule has 7 heteroatoms. The molecular weight excluding hydrogens is 410 g/mol. The van der Waals surface area contributed by atoms with Crippen molar-refractivity contribution in [1.29, 1.82) is 0 Å². The van der Waals surface area contributed by atoms with Gasteiger partial charge in [0.2, 0.25) is 11.8 Å². The number of ether oxygens (including phenoxy) is 1. The molecule has 1 aromatic carbocycles. The normalized spacial score (nSPS) is 10.3. The van der Waals surface area contributed by atoms with E-state index < -0.39 is 0 Å². The third kappa shape index (κ3) is 6.67. The van der Waals surface area contributed by atoms with Gasteiger partial charge in [0, 0.05) is 29.8 Å². The van der Waals surface area contributed by atoms with Crippen molar-refractivity contribution in [1.82, 2.24) is 15.2 Å². The minimum absolute atomic E-state index is 0.0446. The fourth-order valence-corrected chi connectivity index (χ4v) is 2.80. The Bertz CT molecular complexity index is 765. The standard InChI is InChI=1S/C20H24BrN3O3/c1-3-10-22-18(25)14-24(11-4-2)20(26)15-8-9-19(23-13-15)27-17-7-5-6-16(21)12-17/h5-9,12-13H,3-4,10-11,14H2,1-2H3,(H,22,25). The smallest absolute Gasteiger partial charge is 0.255 e. The molecule has 0 saturated carbocycles. The zero-order valence-electron chi connectivity index (χ0n) is 15.6. The van der Waals surface area contributed by atoms with E-state index in [0.29, 0.717) is 30.3 Å². The molecule has 144 valence electrons. The average molecular weight is 434 g/mol. The summed E-state index contributed by atoms with van der Waals surface area (Å²) >= 11 is 3.39. The van der Waals surface area contributed by atoms with Crippen molar-refractivity contribution in [2.24, 2.45) is 0 Å². The monoisotopic (exact) mass is 433 g/mol. The summed E-state index contributed by atoms with van der Waals surface area (Å²) in [6.07, 6.45) is 3.10. The number of hydrogen-bond acceptors (Lipinski definition) is 4. The van der Waals surface area contributed by atoms with Gasteiger partial charge in [0.15, 0.2) is 0 Å². The van der Waals surface area contributed by atoms with Gasteiger partial charge in [0.1, 0.15) is 5.75 Å². The number of carbonyl (C=O) groups excluding carboxylic acids is 2. The van der Waals surface area contributed by atoms with Crippen LogP contribution in [0, 0.1) is 0 Å². The lowest BCUT2D eigenvalue weighted by Gasteiger charge is -2.21. The first-order chi connectivity index (χ1) is 13.0. The molecule has 2 rings (SSSR count). The first-order valence-corrected chi connectivity index (χ1v) is 9.78. The Balaban J connectivity index is 2.04. The van der Waals surface area contributed by atoms with Gasteiger partial charge >= 0.3 is 0 Å². The molecule has 0 fully saturated rings. The lowest BCUT2D eigenvalue weighted by atomic mass is 10.2. The van der Waals surface area contributed by atoms with Gasteiger partial charge in [0.05, 0.1) is 12.1 Å². The van der Waals surface area contributed by atoms with Gasteiger partial charge in [-0.05, 0) is 37.1 Å². The second kappa shape index (κ2) is 10.7. The fraction of sp³-hybridized carbons (Fsp3) is 0.350. The zero-order valence-corrected chi connectivity index (χ0v) is 17.2. The fourth-order valence-electron chi connectivity index (χ4n) is 2.42. The van der Waals surface area contributed by atoms with Gasteiger partial charge in [-0.2, -0.15) is 0 Å². The van der Waals surface area contributed by atoms with Crippen LogP contribution in [0.5, 0.6) is 11.6 Å². The Hall–Kier alpha value is -2.41. The molecule has 27 heavy (non-hydrogen) atoms. The van der Waals surface area contributed by atoms with Gasteiger partial charge in [-0.1, -0.05) is 35.8 Å².